The highest BCUT2D eigenvalue weighted by Crippen LogP contribution is 2.68. The third-order valence-electron chi connectivity index (χ3n) is 13.0. The maximum atomic E-state index is 11.3. The Morgan fingerprint density at radius 1 is 0.878 bits per heavy atom. The lowest BCUT2D eigenvalue weighted by Crippen LogP contribution is -2.54. The van der Waals surface area contributed by atoms with Crippen LogP contribution in [0, 0.1) is 52.3 Å². The molecule has 4 aliphatic rings. The van der Waals surface area contributed by atoms with Crippen LogP contribution in [0.4, 0.5) is 0 Å². The van der Waals surface area contributed by atoms with Crippen LogP contribution in [0.2, 0.25) is 0 Å². The van der Waals surface area contributed by atoms with E-state index in [0.29, 0.717) is 16.9 Å². The zero-order chi connectivity index (χ0) is 29.4. The monoisotopic (exact) mass is 586 g/mol. The SMILES string of the molecule is CC(C)CCC[C@@H](C)[C@H]1CC[C@H]2[C@@H]3CC[C@H]4C[C@@H](OCCCc5ccc(S(=O)(=O)O)cc5)CC[C@]4(C)[C@H]3CC[C@]12C. The second-order valence-corrected chi connectivity index (χ2v) is 17.1. The highest BCUT2D eigenvalue weighted by Gasteiger charge is 2.60. The molecular weight excluding hydrogens is 528 g/mol. The molecule has 4 fully saturated rings. The number of hydrogen-bond donors (Lipinski definition) is 1. The molecule has 4 aliphatic carbocycles. The Kier molecular flexibility index (Phi) is 9.68. The molecule has 0 aromatic heterocycles. The van der Waals surface area contributed by atoms with E-state index in [4.69, 9.17) is 4.74 Å². The fraction of sp³-hybridized carbons (Fsp3) is 0.833. The summed E-state index contributed by atoms with van der Waals surface area (Å²) in [6.45, 7) is 13.5. The number of aryl methyl sites for hydroxylation is 1. The van der Waals surface area contributed by atoms with Crippen molar-refractivity contribution in [3.63, 3.8) is 0 Å². The molecule has 1 aromatic carbocycles. The number of benzene rings is 1. The third-order valence-corrected chi connectivity index (χ3v) is 13.9. The second kappa shape index (κ2) is 12.6. The number of fused-ring (bicyclic) bond motifs is 5. The van der Waals surface area contributed by atoms with Crippen molar-refractivity contribution >= 4 is 10.1 Å². The molecule has 0 radical (unpaired) electrons. The van der Waals surface area contributed by atoms with Crippen LogP contribution < -0.4 is 0 Å². The largest absolute Gasteiger partial charge is 0.378 e. The van der Waals surface area contributed by atoms with Crippen LogP contribution in [0.5, 0.6) is 0 Å². The molecule has 0 amide bonds. The van der Waals surface area contributed by atoms with E-state index in [1.807, 2.05) is 0 Å². The minimum Gasteiger partial charge on any atom is -0.378 e. The van der Waals surface area contributed by atoms with Gasteiger partial charge in [0.05, 0.1) is 11.0 Å². The maximum absolute atomic E-state index is 11.3. The predicted octanol–water partition coefficient (Wildman–Crippen LogP) is 9.37. The van der Waals surface area contributed by atoms with E-state index in [9.17, 15) is 13.0 Å². The van der Waals surface area contributed by atoms with Crippen molar-refractivity contribution in [2.45, 2.75) is 136 Å². The predicted molar refractivity (Wildman–Crippen MR) is 167 cm³/mol. The molecule has 0 spiro atoms. The Bertz CT molecular complexity index is 1110. The van der Waals surface area contributed by atoms with Gasteiger partial charge in [-0.1, -0.05) is 66.0 Å². The van der Waals surface area contributed by atoms with Crippen LogP contribution in [-0.4, -0.2) is 25.7 Å². The van der Waals surface area contributed by atoms with Crippen molar-refractivity contribution < 1.29 is 17.7 Å². The first-order chi connectivity index (χ1) is 19.4. The summed E-state index contributed by atoms with van der Waals surface area (Å²) < 4.78 is 38.2. The zero-order valence-electron chi connectivity index (χ0n) is 26.6. The summed E-state index contributed by atoms with van der Waals surface area (Å²) in [6.07, 6.45) is 18.9. The third kappa shape index (κ3) is 6.63. The molecule has 5 rings (SSSR count). The molecular formula is C36H58O4S. The van der Waals surface area contributed by atoms with Crippen LogP contribution in [0.15, 0.2) is 29.2 Å². The Morgan fingerprint density at radius 3 is 2.29 bits per heavy atom. The lowest BCUT2D eigenvalue weighted by atomic mass is 9.44. The van der Waals surface area contributed by atoms with E-state index in [0.717, 1.165) is 66.4 Å². The molecule has 0 unspecified atom stereocenters. The van der Waals surface area contributed by atoms with Crippen LogP contribution in [-0.2, 0) is 21.3 Å². The Morgan fingerprint density at radius 2 is 1.59 bits per heavy atom. The molecule has 1 aromatic rings. The molecule has 5 heteroatoms. The second-order valence-electron chi connectivity index (χ2n) is 15.7. The average Bonchev–Trinajstić information content (AvgIpc) is 3.28. The van der Waals surface area contributed by atoms with Gasteiger partial charge in [-0.05, 0) is 141 Å². The van der Waals surface area contributed by atoms with Crippen LogP contribution in [0.25, 0.3) is 0 Å². The van der Waals surface area contributed by atoms with E-state index in [1.165, 1.54) is 89.2 Å². The van der Waals surface area contributed by atoms with Crippen LogP contribution >= 0.6 is 0 Å². The van der Waals surface area contributed by atoms with Gasteiger partial charge in [0.1, 0.15) is 0 Å². The van der Waals surface area contributed by atoms with Gasteiger partial charge in [-0.15, -0.1) is 0 Å². The first-order valence-electron chi connectivity index (χ1n) is 17.1. The van der Waals surface area contributed by atoms with Crippen LogP contribution in [0.1, 0.15) is 124 Å². The Labute approximate surface area is 251 Å². The van der Waals surface area contributed by atoms with Crippen molar-refractivity contribution in [1.82, 2.24) is 0 Å². The fourth-order valence-corrected chi connectivity index (χ4v) is 11.2. The summed E-state index contributed by atoms with van der Waals surface area (Å²) in [4.78, 5) is -0.0422. The molecule has 4 saturated carbocycles. The van der Waals surface area contributed by atoms with Gasteiger partial charge in [-0.3, -0.25) is 4.55 Å². The van der Waals surface area contributed by atoms with Gasteiger partial charge < -0.3 is 4.74 Å². The van der Waals surface area contributed by atoms with Gasteiger partial charge in [-0.2, -0.15) is 8.42 Å². The molecule has 0 saturated heterocycles. The first kappa shape index (κ1) is 31.5. The molecule has 232 valence electrons. The molecule has 4 nitrogen and oxygen atoms in total. The fourth-order valence-electron chi connectivity index (χ4n) is 10.7. The molecule has 1 N–H and O–H groups in total. The van der Waals surface area contributed by atoms with Crippen molar-refractivity contribution in [2.24, 2.45) is 52.3 Å². The van der Waals surface area contributed by atoms with Crippen molar-refractivity contribution in [3.8, 4) is 0 Å². The van der Waals surface area contributed by atoms with Crippen LogP contribution in [0.3, 0.4) is 0 Å². The summed E-state index contributed by atoms with van der Waals surface area (Å²) in [5, 5.41) is 0. The van der Waals surface area contributed by atoms with Gasteiger partial charge in [0, 0.05) is 6.61 Å². The number of ether oxygens (including phenoxy) is 1. The first-order valence-corrected chi connectivity index (χ1v) is 18.5. The highest BCUT2D eigenvalue weighted by atomic mass is 32.2. The van der Waals surface area contributed by atoms with Gasteiger partial charge in [-0.25, -0.2) is 0 Å². The van der Waals surface area contributed by atoms with Gasteiger partial charge in [0.15, 0.2) is 0 Å². The summed E-state index contributed by atoms with van der Waals surface area (Å²) in [5.41, 5.74) is 2.16. The number of rotatable bonds is 11. The molecule has 0 bridgehead atoms. The summed E-state index contributed by atoms with van der Waals surface area (Å²) >= 11 is 0. The van der Waals surface area contributed by atoms with E-state index < -0.39 is 10.1 Å². The van der Waals surface area contributed by atoms with Gasteiger partial charge in [0.25, 0.3) is 10.1 Å². The summed E-state index contributed by atoms with van der Waals surface area (Å²) in [6, 6.07) is 6.56. The molecule has 41 heavy (non-hydrogen) atoms. The lowest BCUT2D eigenvalue weighted by Gasteiger charge is -2.61. The van der Waals surface area contributed by atoms with E-state index in [2.05, 4.69) is 34.6 Å². The normalized spacial score (nSPS) is 37.8. The van der Waals surface area contributed by atoms with Crippen molar-refractivity contribution in [1.29, 1.82) is 0 Å². The van der Waals surface area contributed by atoms with Crippen molar-refractivity contribution in [2.75, 3.05) is 6.61 Å². The maximum Gasteiger partial charge on any atom is 0.294 e. The molecule has 9 atom stereocenters. The highest BCUT2D eigenvalue weighted by molar-refractivity contribution is 7.85. The lowest BCUT2D eigenvalue weighted by molar-refractivity contribution is -0.136. The Hall–Kier alpha value is -0.910. The standard InChI is InChI=1S/C36H58O4S/c1-25(2)8-6-9-26(3)32-17-18-33-31-16-13-28-24-29(19-21-35(28,4)34(31)20-22-36(32,33)5)40-23-7-10-27-11-14-30(15-12-27)41(37,38)39/h11-12,14-15,25-26,28-29,31-34H,6-10,13,16-24H2,1-5H3,(H,37,38,39)/t26-,28+,29+,31+,32-,33+,34+,35+,36-/m1/s1. The minimum absolute atomic E-state index is 0.0422. The smallest absolute Gasteiger partial charge is 0.294 e. The molecule has 0 aliphatic heterocycles. The van der Waals surface area contributed by atoms with Crippen molar-refractivity contribution in [3.05, 3.63) is 29.8 Å². The summed E-state index contributed by atoms with van der Waals surface area (Å²) in [5.74, 6) is 6.30. The topological polar surface area (TPSA) is 63.6 Å². The van der Waals surface area contributed by atoms with E-state index in [-0.39, 0.29) is 4.90 Å². The molecule has 0 heterocycles. The average molecular weight is 587 g/mol. The Balaban J connectivity index is 1.11. The van der Waals surface area contributed by atoms with Gasteiger partial charge in [0.2, 0.25) is 0 Å². The van der Waals surface area contributed by atoms with E-state index in [1.54, 1.807) is 12.1 Å². The van der Waals surface area contributed by atoms with Gasteiger partial charge >= 0.3 is 0 Å². The summed E-state index contributed by atoms with van der Waals surface area (Å²) in [7, 11) is -4.13. The zero-order valence-corrected chi connectivity index (χ0v) is 27.4. The minimum atomic E-state index is -4.13. The van der Waals surface area contributed by atoms with E-state index >= 15 is 0 Å². The number of hydrogen-bond acceptors (Lipinski definition) is 3. The quantitative estimate of drug-likeness (QED) is 0.207.